The van der Waals surface area contributed by atoms with E-state index in [2.05, 4.69) is 16.6 Å². The highest BCUT2D eigenvalue weighted by Gasteiger charge is 2.23. The number of nitrogens with one attached hydrogen (secondary N) is 2. The number of carbonyl (C=O) groups is 2. The molecule has 0 radical (unpaired) electrons. The molecular weight excluding hydrogens is 196 g/mol. The Kier molecular flexibility index (Phi) is 5.24. The third-order valence-corrected chi connectivity index (χ3v) is 1.60. The molecule has 2 amide bonds. The Morgan fingerprint density at radius 2 is 2.07 bits per heavy atom. The number of hydrogen-bond donors (Lipinski definition) is 3. The van der Waals surface area contributed by atoms with Gasteiger partial charge in [0.1, 0.15) is 0 Å². The molecule has 15 heavy (non-hydrogen) atoms. The number of carboxylic acid groups (broad SMARTS) is 1. The Morgan fingerprint density at radius 1 is 1.47 bits per heavy atom. The molecule has 0 unspecified atom stereocenters. The topological polar surface area (TPSA) is 78.4 Å². The molecule has 0 atom stereocenters. The summed E-state index contributed by atoms with van der Waals surface area (Å²) in [6, 6.07) is -0.406. The van der Waals surface area contributed by atoms with Crippen LogP contribution in [0.1, 0.15) is 26.7 Å². The molecule has 0 aliphatic rings. The quantitative estimate of drug-likeness (QED) is 0.460. The van der Waals surface area contributed by atoms with Crippen molar-refractivity contribution in [3.05, 3.63) is 0 Å². The van der Waals surface area contributed by atoms with Gasteiger partial charge in [0.2, 0.25) is 0 Å². The fraction of sp³-hybridized carbons (Fsp3) is 0.600. The van der Waals surface area contributed by atoms with Gasteiger partial charge in [-0.05, 0) is 13.8 Å². The second-order valence-electron chi connectivity index (χ2n) is 3.79. The van der Waals surface area contributed by atoms with Gasteiger partial charge in [-0.1, -0.05) is 0 Å². The first-order valence-electron chi connectivity index (χ1n) is 4.58. The van der Waals surface area contributed by atoms with Crippen LogP contribution in [-0.2, 0) is 4.79 Å². The van der Waals surface area contributed by atoms with Crippen LogP contribution in [0.3, 0.4) is 0 Å². The van der Waals surface area contributed by atoms with E-state index >= 15 is 0 Å². The van der Waals surface area contributed by atoms with E-state index in [4.69, 9.17) is 11.5 Å². The average Bonchev–Trinajstić information content (AvgIpc) is 2.00. The van der Waals surface area contributed by atoms with E-state index in [0.717, 1.165) is 0 Å². The Labute approximate surface area is 89.2 Å². The van der Waals surface area contributed by atoms with Crippen LogP contribution in [0.4, 0.5) is 4.79 Å². The largest absolute Gasteiger partial charge is 0.481 e. The summed E-state index contributed by atoms with van der Waals surface area (Å²) in [5.74, 6) is 1.43. The van der Waals surface area contributed by atoms with Gasteiger partial charge >= 0.3 is 12.0 Å². The molecular formula is C10H16N2O3. The van der Waals surface area contributed by atoms with Gasteiger partial charge in [-0.25, -0.2) is 4.79 Å². The van der Waals surface area contributed by atoms with Crippen molar-refractivity contribution in [1.29, 1.82) is 0 Å². The third-order valence-electron chi connectivity index (χ3n) is 1.60. The van der Waals surface area contributed by atoms with Crippen LogP contribution in [0.5, 0.6) is 0 Å². The second-order valence-corrected chi connectivity index (χ2v) is 3.79. The van der Waals surface area contributed by atoms with Crippen LogP contribution in [0.2, 0.25) is 0 Å². The first kappa shape index (κ1) is 13.3. The number of aliphatic carboxylic acids is 1. The summed E-state index contributed by atoms with van der Waals surface area (Å²) < 4.78 is 0. The van der Waals surface area contributed by atoms with Gasteiger partial charge in [0.05, 0.1) is 6.42 Å². The Hall–Kier alpha value is -1.70. The number of urea groups is 1. The average molecular weight is 212 g/mol. The van der Waals surface area contributed by atoms with Crippen molar-refractivity contribution in [2.45, 2.75) is 32.2 Å². The third kappa shape index (κ3) is 7.38. The molecule has 0 bridgehead atoms. The minimum atomic E-state index is -0.955. The van der Waals surface area contributed by atoms with Gasteiger partial charge in [-0.2, -0.15) is 0 Å². The van der Waals surface area contributed by atoms with Crippen LogP contribution in [-0.4, -0.2) is 29.2 Å². The maximum Gasteiger partial charge on any atom is 0.315 e. The van der Waals surface area contributed by atoms with Gasteiger partial charge in [0.15, 0.2) is 0 Å². The zero-order chi connectivity index (χ0) is 11.9. The highest BCUT2D eigenvalue weighted by molar-refractivity contribution is 5.76. The smallest absolute Gasteiger partial charge is 0.315 e. The van der Waals surface area contributed by atoms with Gasteiger partial charge in [0, 0.05) is 18.5 Å². The highest BCUT2D eigenvalue weighted by atomic mass is 16.4. The van der Waals surface area contributed by atoms with Gasteiger partial charge in [0.25, 0.3) is 0 Å². The summed E-state index contributed by atoms with van der Waals surface area (Å²) >= 11 is 0. The molecule has 0 aromatic rings. The maximum absolute atomic E-state index is 11.2. The summed E-state index contributed by atoms with van der Waals surface area (Å²) in [4.78, 5) is 21.7. The van der Waals surface area contributed by atoms with Gasteiger partial charge in [-0.3, -0.25) is 4.79 Å². The molecule has 5 heteroatoms. The fourth-order valence-corrected chi connectivity index (χ4v) is 1.02. The molecule has 3 N–H and O–H groups in total. The van der Waals surface area contributed by atoms with Crippen LogP contribution in [0, 0.1) is 12.3 Å². The minimum absolute atomic E-state index is 0.129. The minimum Gasteiger partial charge on any atom is -0.481 e. The maximum atomic E-state index is 11.2. The molecule has 0 spiro atoms. The molecule has 0 aliphatic heterocycles. The first-order valence-corrected chi connectivity index (χ1v) is 4.58. The van der Waals surface area contributed by atoms with Crippen molar-refractivity contribution in [3.8, 4) is 12.3 Å². The molecule has 84 valence electrons. The Bertz CT molecular complexity index is 279. The Morgan fingerprint density at radius 3 is 2.53 bits per heavy atom. The van der Waals surface area contributed by atoms with E-state index in [-0.39, 0.29) is 6.42 Å². The van der Waals surface area contributed by atoms with Crippen molar-refractivity contribution in [2.24, 2.45) is 0 Å². The number of carboxylic acids is 1. The van der Waals surface area contributed by atoms with E-state index in [0.29, 0.717) is 13.0 Å². The lowest BCUT2D eigenvalue weighted by Gasteiger charge is -2.24. The van der Waals surface area contributed by atoms with Gasteiger partial charge in [-0.15, -0.1) is 12.3 Å². The van der Waals surface area contributed by atoms with E-state index in [1.165, 1.54) is 0 Å². The predicted molar refractivity (Wildman–Crippen MR) is 56.3 cm³/mol. The summed E-state index contributed by atoms with van der Waals surface area (Å²) in [7, 11) is 0. The molecule has 0 aromatic heterocycles. The molecule has 0 aromatic carbocycles. The highest BCUT2D eigenvalue weighted by Crippen LogP contribution is 2.07. The van der Waals surface area contributed by atoms with Crippen molar-refractivity contribution in [3.63, 3.8) is 0 Å². The van der Waals surface area contributed by atoms with Crippen molar-refractivity contribution < 1.29 is 14.7 Å². The molecule has 0 aliphatic carbocycles. The standard InChI is InChI=1S/C10H16N2O3/c1-4-5-6-11-9(15)12-10(2,3)7-8(13)14/h1H,5-7H2,2-3H3,(H,13,14)(H2,11,12,15). The summed E-state index contributed by atoms with van der Waals surface area (Å²) in [6.07, 6.45) is 5.33. The van der Waals surface area contributed by atoms with E-state index in [1.807, 2.05) is 0 Å². The van der Waals surface area contributed by atoms with Gasteiger partial charge < -0.3 is 15.7 Å². The summed E-state index contributed by atoms with van der Waals surface area (Å²) in [5.41, 5.74) is -0.772. The van der Waals surface area contributed by atoms with Crippen LogP contribution in [0.25, 0.3) is 0 Å². The van der Waals surface area contributed by atoms with Crippen LogP contribution in [0.15, 0.2) is 0 Å². The van der Waals surface area contributed by atoms with Crippen LogP contribution >= 0.6 is 0 Å². The number of amides is 2. The zero-order valence-electron chi connectivity index (χ0n) is 8.96. The number of rotatable bonds is 5. The Balaban J connectivity index is 3.94. The lowest BCUT2D eigenvalue weighted by atomic mass is 10.0. The van der Waals surface area contributed by atoms with E-state index < -0.39 is 17.5 Å². The monoisotopic (exact) mass is 212 g/mol. The fourth-order valence-electron chi connectivity index (χ4n) is 1.02. The van der Waals surface area contributed by atoms with E-state index in [1.54, 1.807) is 13.8 Å². The second kappa shape index (κ2) is 5.91. The number of carbonyl (C=O) groups excluding carboxylic acids is 1. The molecule has 0 saturated heterocycles. The van der Waals surface area contributed by atoms with Crippen molar-refractivity contribution in [1.82, 2.24) is 10.6 Å². The summed E-state index contributed by atoms with van der Waals surface area (Å²) in [6.45, 7) is 3.66. The SMILES string of the molecule is C#CCCNC(=O)NC(C)(C)CC(=O)O. The zero-order valence-corrected chi connectivity index (χ0v) is 8.96. The van der Waals surface area contributed by atoms with E-state index in [9.17, 15) is 9.59 Å². The lowest BCUT2D eigenvalue weighted by molar-refractivity contribution is -0.138. The molecule has 0 saturated carbocycles. The number of hydrogen-bond acceptors (Lipinski definition) is 2. The molecule has 0 fully saturated rings. The first-order chi connectivity index (χ1) is 6.87. The molecule has 0 rings (SSSR count). The molecule has 5 nitrogen and oxygen atoms in total. The summed E-state index contributed by atoms with van der Waals surface area (Å²) in [5, 5.41) is 13.7. The number of terminal acetylenes is 1. The predicted octanol–water partition coefficient (Wildman–Crippen LogP) is 0.562. The van der Waals surface area contributed by atoms with Crippen molar-refractivity contribution >= 4 is 12.0 Å². The lowest BCUT2D eigenvalue weighted by Crippen LogP contribution is -2.49. The van der Waals surface area contributed by atoms with Crippen LogP contribution < -0.4 is 10.6 Å². The normalized spacial score (nSPS) is 10.2. The molecule has 0 heterocycles. The van der Waals surface area contributed by atoms with Crippen molar-refractivity contribution in [2.75, 3.05) is 6.54 Å².